The van der Waals surface area contributed by atoms with Gasteiger partial charge in [0.2, 0.25) is 0 Å². The highest BCUT2D eigenvalue weighted by Crippen LogP contribution is 2.21. The quantitative estimate of drug-likeness (QED) is 0.158. The van der Waals surface area contributed by atoms with Crippen LogP contribution in [0.2, 0.25) is 25.7 Å². The molecule has 0 N–H and O–H groups in total. The van der Waals surface area contributed by atoms with Crippen molar-refractivity contribution < 1.29 is 4.74 Å². The minimum Gasteiger partial charge on any atom is -0.361 e. The van der Waals surface area contributed by atoms with E-state index in [4.69, 9.17) is 10.3 Å². The monoisotopic (exact) mass is 395 g/mol. The molecular formula is C15H22BrN5OSi. The van der Waals surface area contributed by atoms with E-state index in [0.717, 1.165) is 34.0 Å². The molecule has 0 radical (unpaired) electrons. The van der Waals surface area contributed by atoms with Crippen LogP contribution in [0.15, 0.2) is 27.9 Å². The maximum absolute atomic E-state index is 8.45. The Morgan fingerprint density at radius 1 is 1.39 bits per heavy atom. The van der Waals surface area contributed by atoms with Crippen molar-refractivity contribution in [3.63, 3.8) is 0 Å². The molecule has 0 spiro atoms. The summed E-state index contributed by atoms with van der Waals surface area (Å²) < 4.78 is 8.82. The van der Waals surface area contributed by atoms with E-state index < -0.39 is 8.07 Å². The fourth-order valence-corrected chi connectivity index (χ4v) is 3.35. The molecule has 0 aromatic carbocycles. The molecule has 0 amide bonds. The molecule has 0 saturated heterocycles. The van der Waals surface area contributed by atoms with Crippen LogP contribution in [0.4, 0.5) is 0 Å². The topological polar surface area (TPSA) is 75.8 Å². The van der Waals surface area contributed by atoms with Gasteiger partial charge < -0.3 is 9.30 Å². The van der Waals surface area contributed by atoms with Crippen LogP contribution in [0.5, 0.6) is 0 Å². The molecule has 0 aliphatic heterocycles. The summed E-state index contributed by atoms with van der Waals surface area (Å²) >= 11 is 3.40. The average Bonchev–Trinajstić information content (AvgIpc) is 2.80. The summed E-state index contributed by atoms with van der Waals surface area (Å²) in [6.07, 6.45) is 0.676. The summed E-state index contributed by atoms with van der Waals surface area (Å²) in [5.74, 6) is 0. The van der Waals surface area contributed by atoms with Crippen molar-refractivity contribution in [2.45, 2.75) is 38.8 Å². The van der Waals surface area contributed by atoms with E-state index in [-0.39, 0.29) is 0 Å². The van der Waals surface area contributed by atoms with Gasteiger partial charge in [0, 0.05) is 31.8 Å². The second-order valence-corrected chi connectivity index (χ2v) is 13.1. The van der Waals surface area contributed by atoms with Crippen molar-refractivity contribution in [1.29, 1.82) is 0 Å². The molecule has 0 fully saturated rings. The van der Waals surface area contributed by atoms with E-state index >= 15 is 0 Å². The zero-order chi connectivity index (χ0) is 16.9. The summed E-state index contributed by atoms with van der Waals surface area (Å²) in [6.45, 7) is 8.73. The molecular weight excluding hydrogens is 374 g/mol. The van der Waals surface area contributed by atoms with Crippen LogP contribution >= 0.6 is 15.9 Å². The highest BCUT2D eigenvalue weighted by molar-refractivity contribution is 9.10. The number of aromatic nitrogens is 2. The molecule has 0 unspecified atom stereocenters. The third-order valence-electron chi connectivity index (χ3n) is 3.56. The Kier molecular flexibility index (Phi) is 6.23. The molecule has 2 aromatic heterocycles. The van der Waals surface area contributed by atoms with Crippen molar-refractivity contribution in [2.24, 2.45) is 5.11 Å². The molecule has 2 rings (SSSR count). The Labute approximate surface area is 145 Å². The smallest absolute Gasteiger partial charge is 0.123 e. The van der Waals surface area contributed by atoms with Crippen LogP contribution < -0.4 is 0 Å². The fraction of sp³-hybridized carbons (Fsp3) is 0.533. The normalized spacial score (nSPS) is 11.7. The van der Waals surface area contributed by atoms with Gasteiger partial charge >= 0.3 is 0 Å². The van der Waals surface area contributed by atoms with Crippen molar-refractivity contribution >= 4 is 35.0 Å². The number of halogens is 1. The van der Waals surface area contributed by atoms with Gasteiger partial charge in [-0.15, -0.1) is 0 Å². The Morgan fingerprint density at radius 3 is 2.87 bits per heavy atom. The zero-order valence-corrected chi connectivity index (χ0v) is 16.4. The number of ether oxygens (including phenoxy) is 1. The molecule has 124 valence electrons. The first-order valence-corrected chi connectivity index (χ1v) is 12.1. The number of nitrogens with zero attached hydrogens (tertiary/aromatic N) is 5. The molecule has 0 atom stereocenters. The second kappa shape index (κ2) is 7.96. The molecule has 2 aromatic rings. The van der Waals surface area contributed by atoms with Gasteiger partial charge in [0.15, 0.2) is 0 Å². The zero-order valence-electron chi connectivity index (χ0n) is 13.8. The second-order valence-electron chi connectivity index (χ2n) is 6.65. The van der Waals surface area contributed by atoms with Crippen LogP contribution in [0.1, 0.15) is 5.69 Å². The number of hydrogen-bond donors (Lipinski definition) is 0. The standard InChI is InChI=1S/C15H22BrN5OSi/c1-23(2,3)9-8-22-11-21-12(6-7-18-20-17)10-13-14(21)4-5-15(16)19-13/h4-5,10H,6-9,11H2,1-3H3. The van der Waals surface area contributed by atoms with Crippen LogP contribution in [0.25, 0.3) is 21.5 Å². The number of pyridine rings is 1. The first-order valence-electron chi connectivity index (χ1n) is 7.64. The Bertz CT molecular complexity index is 718. The molecule has 8 heteroatoms. The summed E-state index contributed by atoms with van der Waals surface area (Å²) in [5, 5.41) is 3.63. The molecule has 23 heavy (non-hydrogen) atoms. The minimum absolute atomic E-state index is 0.433. The predicted molar refractivity (Wildman–Crippen MR) is 99.3 cm³/mol. The van der Waals surface area contributed by atoms with E-state index in [1.807, 2.05) is 18.2 Å². The maximum Gasteiger partial charge on any atom is 0.123 e. The van der Waals surface area contributed by atoms with Gasteiger partial charge in [0.25, 0.3) is 0 Å². The Hall–Kier alpha value is -1.34. The Morgan fingerprint density at radius 2 is 2.17 bits per heavy atom. The van der Waals surface area contributed by atoms with Gasteiger partial charge in [-0.1, -0.05) is 24.8 Å². The van der Waals surface area contributed by atoms with Crippen LogP contribution in [0.3, 0.4) is 0 Å². The third-order valence-corrected chi connectivity index (χ3v) is 5.70. The maximum atomic E-state index is 8.45. The lowest BCUT2D eigenvalue weighted by atomic mass is 10.3. The number of fused-ring (bicyclic) bond motifs is 1. The van der Waals surface area contributed by atoms with Gasteiger partial charge in [0.05, 0.1) is 11.0 Å². The molecule has 0 aliphatic carbocycles. The van der Waals surface area contributed by atoms with E-state index in [1.165, 1.54) is 0 Å². The van der Waals surface area contributed by atoms with E-state index in [9.17, 15) is 0 Å². The lowest BCUT2D eigenvalue weighted by molar-refractivity contribution is 0.0885. The number of hydrogen-bond acceptors (Lipinski definition) is 3. The lowest BCUT2D eigenvalue weighted by Gasteiger charge is -2.16. The van der Waals surface area contributed by atoms with Gasteiger partial charge in [-0.3, -0.25) is 0 Å². The first kappa shape index (κ1) is 18.0. The van der Waals surface area contributed by atoms with E-state index in [2.05, 4.69) is 55.1 Å². The average molecular weight is 396 g/mol. The fourth-order valence-electron chi connectivity index (χ4n) is 2.27. The molecule has 6 nitrogen and oxygen atoms in total. The van der Waals surface area contributed by atoms with E-state index in [1.54, 1.807) is 0 Å². The summed E-state index contributed by atoms with van der Waals surface area (Å²) in [5.41, 5.74) is 11.5. The van der Waals surface area contributed by atoms with Crippen molar-refractivity contribution in [2.75, 3.05) is 13.2 Å². The summed E-state index contributed by atoms with van der Waals surface area (Å²) in [6, 6.07) is 7.14. The first-order chi connectivity index (χ1) is 10.9. The highest BCUT2D eigenvalue weighted by Gasteiger charge is 2.13. The van der Waals surface area contributed by atoms with Crippen molar-refractivity contribution in [1.82, 2.24) is 9.55 Å². The highest BCUT2D eigenvalue weighted by atomic mass is 79.9. The number of rotatable bonds is 8. The van der Waals surface area contributed by atoms with Crippen molar-refractivity contribution in [3.05, 3.63) is 38.9 Å². The minimum atomic E-state index is -1.09. The van der Waals surface area contributed by atoms with Gasteiger partial charge in [-0.2, -0.15) is 0 Å². The van der Waals surface area contributed by atoms with Crippen LogP contribution in [0, 0.1) is 0 Å². The number of azide groups is 1. The summed E-state index contributed by atoms with van der Waals surface area (Å²) in [7, 11) is -1.09. The Balaban J connectivity index is 2.16. The van der Waals surface area contributed by atoms with Crippen LogP contribution in [-0.4, -0.2) is 30.8 Å². The third kappa shape index (κ3) is 5.35. The van der Waals surface area contributed by atoms with Gasteiger partial charge in [0.1, 0.15) is 11.3 Å². The molecule has 0 bridgehead atoms. The SMILES string of the molecule is C[Si](C)(C)CCOCn1c(CCN=[N+]=[N-])cc2nc(Br)ccc21. The summed E-state index contributed by atoms with van der Waals surface area (Å²) in [4.78, 5) is 7.31. The predicted octanol–water partition coefficient (Wildman–Crippen LogP) is 4.96. The van der Waals surface area contributed by atoms with Crippen LogP contribution in [-0.2, 0) is 17.9 Å². The lowest BCUT2D eigenvalue weighted by Crippen LogP contribution is -2.22. The largest absolute Gasteiger partial charge is 0.361 e. The molecule has 2 heterocycles. The molecule has 0 saturated carbocycles. The molecule has 0 aliphatic rings. The van der Waals surface area contributed by atoms with Gasteiger partial charge in [-0.25, -0.2) is 4.98 Å². The van der Waals surface area contributed by atoms with Crippen molar-refractivity contribution in [3.8, 4) is 0 Å². The van der Waals surface area contributed by atoms with E-state index in [0.29, 0.717) is 19.7 Å². The van der Waals surface area contributed by atoms with Gasteiger partial charge in [-0.05, 0) is 52.1 Å².